The summed E-state index contributed by atoms with van der Waals surface area (Å²) in [6.07, 6.45) is 0.401. The van der Waals surface area contributed by atoms with Crippen LogP contribution < -0.4 is 20.5 Å². The third-order valence-corrected chi connectivity index (χ3v) is 6.51. The van der Waals surface area contributed by atoms with Crippen molar-refractivity contribution in [1.82, 2.24) is 10.0 Å². The third-order valence-electron chi connectivity index (χ3n) is 3.28. The summed E-state index contributed by atoms with van der Waals surface area (Å²) in [5.74, 6) is -0.718. The molecular formula is C16H18FN3O4S3. The summed E-state index contributed by atoms with van der Waals surface area (Å²) in [5.41, 5.74) is 5.30. The maximum absolute atomic E-state index is 13.4. The SMILES string of the molecule is CCOc1ccc(F)cc1C(=O)NCCc1ccc(S(=O)(=O)NC(N)=S)s1. The predicted molar refractivity (Wildman–Crippen MR) is 105 cm³/mol. The molecule has 0 aliphatic heterocycles. The van der Waals surface area contributed by atoms with Crippen molar-refractivity contribution in [2.45, 2.75) is 17.6 Å². The van der Waals surface area contributed by atoms with Crippen LogP contribution >= 0.6 is 23.6 Å². The molecule has 0 radical (unpaired) electrons. The zero-order valence-corrected chi connectivity index (χ0v) is 16.8. The van der Waals surface area contributed by atoms with Crippen LogP contribution in [-0.2, 0) is 16.4 Å². The summed E-state index contributed by atoms with van der Waals surface area (Å²) < 4.78 is 44.8. The van der Waals surface area contributed by atoms with E-state index in [1.54, 1.807) is 13.0 Å². The van der Waals surface area contributed by atoms with Gasteiger partial charge >= 0.3 is 0 Å². The smallest absolute Gasteiger partial charge is 0.273 e. The summed E-state index contributed by atoms with van der Waals surface area (Å²) in [6.45, 7) is 2.35. The van der Waals surface area contributed by atoms with Gasteiger partial charge in [0.25, 0.3) is 15.9 Å². The molecule has 0 saturated heterocycles. The number of hydrogen-bond donors (Lipinski definition) is 3. The number of carbonyl (C=O) groups is 1. The van der Waals surface area contributed by atoms with E-state index in [0.29, 0.717) is 18.8 Å². The number of amides is 1. The van der Waals surface area contributed by atoms with Crippen LogP contribution in [0.15, 0.2) is 34.5 Å². The molecule has 1 amide bonds. The molecule has 27 heavy (non-hydrogen) atoms. The number of benzene rings is 1. The zero-order chi connectivity index (χ0) is 20.0. The molecule has 0 spiro atoms. The van der Waals surface area contributed by atoms with Crippen molar-refractivity contribution in [2.75, 3.05) is 13.2 Å². The van der Waals surface area contributed by atoms with E-state index in [0.717, 1.165) is 22.3 Å². The minimum absolute atomic E-state index is 0.0698. The summed E-state index contributed by atoms with van der Waals surface area (Å²) in [4.78, 5) is 13.0. The number of halogens is 1. The van der Waals surface area contributed by atoms with Crippen LogP contribution in [0.4, 0.5) is 4.39 Å². The molecule has 146 valence electrons. The number of rotatable bonds is 8. The number of ether oxygens (including phenoxy) is 1. The van der Waals surface area contributed by atoms with Gasteiger partial charge in [-0.2, -0.15) is 0 Å². The Balaban J connectivity index is 1.98. The molecule has 0 aliphatic carbocycles. The van der Waals surface area contributed by atoms with E-state index in [-0.39, 0.29) is 21.4 Å². The van der Waals surface area contributed by atoms with E-state index < -0.39 is 21.7 Å². The molecular weight excluding hydrogens is 413 g/mol. The minimum atomic E-state index is -3.78. The molecule has 0 saturated carbocycles. The lowest BCUT2D eigenvalue weighted by Gasteiger charge is -2.10. The lowest BCUT2D eigenvalue weighted by molar-refractivity contribution is 0.0950. The molecule has 4 N–H and O–H groups in total. The van der Waals surface area contributed by atoms with Gasteiger partial charge in [0.05, 0.1) is 12.2 Å². The Labute approximate surface area is 165 Å². The quantitative estimate of drug-likeness (QED) is 0.550. The van der Waals surface area contributed by atoms with Gasteiger partial charge in [0.1, 0.15) is 15.8 Å². The van der Waals surface area contributed by atoms with E-state index in [9.17, 15) is 17.6 Å². The summed E-state index contributed by atoms with van der Waals surface area (Å²) in [7, 11) is -3.78. The standard InChI is InChI=1S/C16H18FN3O4S3/c1-2-24-13-5-3-10(17)9-12(13)15(21)19-8-7-11-4-6-14(26-11)27(22,23)20-16(18)25/h3-6,9H,2,7-8H2,1H3,(H,19,21)(H3,18,20,25). The first kappa shape index (κ1) is 21.1. The highest BCUT2D eigenvalue weighted by molar-refractivity contribution is 7.93. The molecule has 1 aromatic heterocycles. The highest BCUT2D eigenvalue weighted by atomic mass is 32.2. The van der Waals surface area contributed by atoms with Crippen molar-refractivity contribution in [2.24, 2.45) is 5.73 Å². The molecule has 0 fully saturated rings. The molecule has 1 heterocycles. The van der Waals surface area contributed by atoms with Gasteiger partial charge in [-0.25, -0.2) is 12.8 Å². The van der Waals surface area contributed by atoms with E-state index >= 15 is 0 Å². The highest BCUT2D eigenvalue weighted by Gasteiger charge is 2.18. The van der Waals surface area contributed by atoms with Crippen LogP contribution in [-0.4, -0.2) is 32.6 Å². The van der Waals surface area contributed by atoms with Crippen LogP contribution in [0.5, 0.6) is 5.75 Å². The summed E-state index contributed by atoms with van der Waals surface area (Å²) in [5, 5.41) is 2.33. The van der Waals surface area contributed by atoms with E-state index in [1.165, 1.54) is 18.2 Å². The molecule has 2 rings (SSSR count). The Bertz CT molecular complexity index is 944. The minimum Gasteiger partial charge on any atom is -0.493 e. The van der Waals surface area contributed by atoms with Crippen LogP contribution in [0, 0.1) is 5.82 Å². The average Bonchev–Trinajstić information content (AvgIpc) is 3.05. The molecule has 0 bridgehead atoms. The predicted octanol–water partition coefficient (Wildman–Crippen LogP) is 1.78. The van der Waals surface area contributed by atoms with Crippen molar-refractivity contribution < 1.29 is 22.3 Å². The number of hydrogen-bond acceptors (Lipinski definition) is 6. The number of thiocarbonyl (C=S) groups is 1. The number of nitrogens with one attached hydrogen (secondary N) is 2. The Morgan fingerprint density at radius 1 is 1.33 bits per heavy atom. The van der Waals surface area contributed by atoms with Gasteiger partial charge in [-0.05, 0) is 55.9 Å². The summed E-state index contributed by atoms with van der Waals surface area (Å²) in [6, 6.07) is 6.80. The van der Waals surface area contributed by atoms with Crippen molar-refractivity contribution in [3.63, 3.8) is 0 Å². The van der Waals surface area contributed by atoms with E-state index in [4.69, 9.17) is 10.5 Å². The first-order valence-corrected chi connectivity index (χ1v) is 10.5. The Morgan fingerprint density at radius 3 is 2.74 bits per heavy atom. The molecule has 2 aromatic rings. The average molecular weight is 432 g/mol. The van der Waals surface area contributed by atoms with Crippen molar-refractivity contribution >= 4 is 44.6 Å². The molecule has 0 aliphatic rings. The second-order valence-electron chi connectivity index (χ2n) is 5.27. The number of sulfonamides is 1. The lowest BCUT2D eigenvalue weighted by atomic mass is 10.1. The molecule has 0 unspecified atom stereocenters. The number of nitrogens with two attached hydrogens (primary N) is 1. The molecule has 7 nitrogen and oxygen atoms in total. The van der Waals surface area contributed by atoms with Gasteiger partial charge < -0.3 is 15.8 Å². The molecule has 11 heteroatoms. The fourth-order valence-corrected chi connectivity index (χ4v) is 4.74. The number of carbonyl (C=O) groups excluding carboxylic acids is 1. The second kappa shape index (κ2) is 9.11. The van der Waals surface area contributed by atoms with Crippen LogP contribution in [0.25, 0.3) is 0 Å². The molecule has 0 atom stereocenters. The van der Waals surface area contributed by atoms with Gasteiger partial charge in [0.2, 0.25) is 0 Å². The van der Waals surface area contributed by atoms with Gasteiger partial charge in [0.15, 0.2) is 5.11 Å². The largest absolute Gasteiger partial charge is 0.493 e. The van der Waals surface area contributed by atoms with Gasteiger partial charge in [0, 0.05) is 11.4 Å². The van der Waals surface area contributed by atoms with Crippen molar-refractivity contribution in [3.8, 4) is 5.75 Å². The van der Waals surface area contributed by atoms with Gasteiger partial charge in [-0.3, -0.25) is 9.52 Å². The van der Waals surface area contributed by atoms with Crippen molar-refractivity contribution in [3.05, 3.63) is 46.6 Å². The summed E-state index contributed by atoms with van der Waals surface area (Å²) >= 11 is 5.58. The Morgan fingerprint density at radius 2 is 2.07 bits per heavy atom. The maximum Gasteiger partial charge on any atom is 0.273 e. The van der Waals surface area contributed by atoms with Crippen LogP contribution in [0.3, 0.4) is 0 Å². The Kier molecular flexibility index (Phi) is 7.11. The second-order valence-corrected chi connectivity index (χ2v) is 8.79. The zero-order valence-electron chi connectivity index (χ0n) is 14.3. The van der Waals surface area contributed by atoms with Crippen molar-refractivity contribution in [1.29, 1.82) is 0 Å². The monoisotopic (exact) mass is 431 g/mol. The maximum atomic E-state index is 13.4. The lowest BCUT2D eigenvalue weighted by Crippen LogP contribution is -2.34. The normalized spacial score (nSPS) is 11.0. The van der Waals surface area contributed by atoms with Crippen LogP contribution in [0.1, 0.15) is 22.2 Å². The van der Waals surface area contributed by atoms with E-state index in [1.807, 2.05) is 4.72 Å². The third kappa shape index (κ3) is 5.88. The topological polar surface area (TPSA) is 111 Å². The van der Waals surface area contributed by atoms with E-state index in [2.05, 4.69) is 17.5 Å². The van der Waals surface area contributed by atoms with Crippen LogP contribution in [0.2, 0.25) is 0 Å². The molecule has 1 aromatic carbocycles. The fourth-order valence-electron chi connectivity index (χ4n) is 2.18. The fraction of sp³-hybridized carbons (Fsp3) is 0.250. The number of thiophene rings is 1. The Hall–Kier alpha value is -2.24. The first-order valence-electron chi connectivity index (χ1n) is 7.84. The highest BCUT2D eigenvalue weighted by Crippen LogP contribution is 2.22. The first-order chi connectivity index (χ1) is 12.7. The van der Waals surface area contributed by atoms with Gasteiger partial charge in [-0.1, -0.05) is 0 Å². The van der Waals surface area contributed by atoms with Gasteiger partial charge in [-0.15, -0.1) is 11.3 Å².